The Hall–Kier alpha value is -5.35. The molecule has 2 aliphatic rings. The van der Waals surface area contributed by atoms with E-state index in [4.69, 9.17) is 24.2 Å². The van der Waals surface area contributed by atoms with Gasteiger partial charge in [0, 0.05) is 59.7 Å². The summed E-state index contributed by atoms with van der Waals surface area (Å²) in [5.41, 5.74) is 1.13. The Labute approximate surface area is 320 Å². The first-order valence-electron chi connectivity index (χ1n) is 18.7. The number of halogens is 4. The van der Waals surface area contributed by atoms with Gasteiger partial charge in [0.25, 0.3) is 0 Å². The van der Waals surface area contributed by atoms with Crippen LogP contribution in [0, 0.1) is 18.7 Å². The van der Waals surface area contributed by atoms with Crippen LogP contribution in [0.5, 0.6) is 11.8 Å². The third-order valence-corrected chi connectivity index (χ3v) is 11.1. The number of nitrogens with one attached hydrogen (secondary N) is 2. The number of anilines is 1. The molecule has 0 spiro atoms. The van der Waals surface area contributed by atoms with E-state index < -0.39 is 17.6 Å². The molecule has 12 nitrogen and oxygen atoms in total. The van der Waals surface area contributed by atoms with Gasteiger partial charge in [0.15, 0.2) is 5.75 Å². The number of alkyl halides is 3. The zero-order valence-corrected chi connectivity index (χ0v) is 31.9. The van der Waals surface area contributed by atoms with E-state index in [0.29, 0.717) is 41.5 Å². The van der Waals surface area contributed by atoms with E-state index in [-0.39, 0.29) is 82.3 Å². The molecule has 2 aliphatic heterocycles. The van der Waals surface area contributed by atoms with Crippen LogP contribution in [0.15, 0.2) is 48.8 Å². The van der Waals surface area contributed by atoms with Gasteiger partial charge in [-0.15, -0.1) is 5.10 Å². The molecule has 3 unspecified atom stereocenters. The SMILES string of the molecule is CO[C@@H](C)COc1nc(N2CC3CC2CN3)c2cc(C(F)(F)F)c(-c3c(C)c(F)cc4[nH]ncc34)c(OCc3ccc(-c4cn(C(C)C(C)C)nn4)cc3)c2n1. The number of H-pyrrole nitrogens is 1. The molecule has 2 bridgehead atoms. The molecule has 3 aromatic carbocycles. The number of aromatic nitrogens is 7. The van der Waals surface area contributed by atoms with Crippen molar-refractivity contribution in [2.75, 3.05) is 31.7 Å². The van der Waals surface area contributed by atoms with Crippen molar-refractivity contribution in [2.24, 2.45) is 5.92 Å². The Bertz CT molecular complexity index is 2400. The zero-order chi connectivity index (χ0) is 39.5. The normalized spacial score (nSPS) is 18.1. The number of nitrogens with zero attached hydrogens (tertiary/aromatic N) is 7. The molecular formula is C40H43F4N9O3. The third-order valence-electron chi connectivity index (χ3n) is 11.1. The molecule has 0 amide bonds. The second kappa shape index (κ2) is 14.6. The summed E-state index contributed by atoms with van der Waals surface area (Å²) in [6, 6.07) is 9.94. The molecule has 56 heavy (non-hydrogen) atoms. The standard InChI is InChI=1S/C40H43F4N9O3/c1-20(2)23(5)53-17-33(50-51-53)25-9-7-24(8-10-25)19-55-37-35(34-22(4)31(41)13-32-29(34)15-46-49-32)30(40(42,43)44)12-28-36(37)47-39(56-18-21(3)54-6)48-38(28)52-16-26-11-27(52)14-45-26/h7-10,12-13,15,17,20-21,23,26-27,45H,11,14,16,18-19H2,1-6H3,(H,46,49)/t21-,23?,26?,27?/m0/s1. The Morgan fingerprint density at radius 3 is 2.46 bits per heavy atom. The summed E-state index contributed by atoms with van der Waals surface area (Å²) in [5, 5.41) is 19.3. The number of hydrogen-bond acceptors (Lipinski definition) is 10. The van der Waals surface area contributed by atoms with Crippen LogP contribution in [0.3, 0.4) is 0 Å². The van der Waals surface area contributed by atoms with E-state index in [1.54, 1.807) is 7.11 Å². The molecule has 16 heteroatoms. The smallest absolute Gasteiger partial charge is 0.417 e. The van der Waals surface area contributed by atoms with Gasteiger partial charge in [-0.25, -0.2) is 9.07 Å². The number of methoxy groups -OCH3 is 1. The van der Waals surface area contributed by atoms with Crippen LogP contribution in [-0.2, 0) is 17.5 Å². The minimum Gasteiger partial charge on any atom is -0.486 e. The van der Waals surface area contributed by atoms with Crippen molar-refractivity contribution in [3.63, 3.8) is 0 Å². The molecule has 294 valence electrons. The number of aromatic amines is 1. The van der Waals surface area contributed by atoms with Crippen molar-refractivity contribution in [2.45, 2.75) is 78.1 Å². The number of piperazine rings is 1. The van der Waals surface area contributed by atoms with Crippen LogP contribution in [-0.4, -0.2) is 80.2 Å². The molecule has 6 aromatic rings. The highest BCUT2D eigenvalue weighted by atomic mass is 19.4. The third kappa shape index (κ3) is 6.89. The average Bonchev–Trinajstić information content (AvgIpc) is 4.02. The summed E-state index contributed by atoms with van der Waals surface area (Å²) in [6.45, 7) is 10.7. The van der Waals surface area contributed by atoms with Crippen molar-refractivity contribution in [3.05, 3.63) is 71.3 Å². The van der Waals surface area contributed by atoms with Gasteiger partial charge in [-0.05, 0) is 56.4 Å². The fourth-order valence-electron chi connectivity index (χ4n) is 7.50. The monoisotopic (exact) mass is 773 g/mol. The first-order valence-corrected chi connectivity index (χ1v) is 18.7. The van der Waals surface area contributed by atoms with Gasteiger partial charge in [0.05, 0.1) is 35.6 Å². The fourth-order valence-corrected chi connectivity index (χ4v) is 7.50. The molecule has 0 radical (unpaired) electrons. The highest BCUT2D eigenvalue weighted by molar-refractivity contribution is 6.06. The fraction of sp³-hybridized carbons (Fsp3) is 0.425. The predicted molar refractivity (Wildman–Crippen MR) is 203 cm³/mol. The summed E-state index contributed by atoms with van der Waals surface area (Å²) in [4.78, 5) is 11.5. The lowest BCUT2D eigenvalue weighted by Gasteiger charge is -2.30. The largest absolute Gasteiger partial charge is 0.486 e. The van der Waals surface area contributed by atoms with Crippen molar-refractivity contribution >= 4 is 27.6 Å². The summed E-state index contributed by atoms with van der Waals surface area (Å²) >= 11 is 0. The van der Waals surface area contributed by atoms with Crippen molar-refractivity contribution in [1.29, 1.82) is 0 Å². The topological polar surface area (TPSA) is 128 Å². The van der Waals surface area contributed by atoms with Gasteiger partial charge in [0.2, 0.25) is 0 Å². The van der Waals surface area contributed by atoms with Gasteiger partial charge in [-0.3, -0.25) is 5.10 Å². The van der Waals surface area contributed by atoms with E-state index in [1.165, 1.54) is 19.2 Å². The molecule has 0 saturated carbocycles. The zero-order valence-electron chi connectivity index (χ0n) is 31.9. The molecular weight excluding hydrogens is 730 g/mol. The first-order chi connectivity index (χ1) is 26.8. The molecule has 2 fully saturated rings. The van der Waals surface area contributed by atoms with Crippen LogP contribution < -0.4 is 19.7 Å². The van der Waals surface area contributed by atoms with Crippen LogP contribution in [0.25, 0.3) is 44.2 Å². The second-order valence-corrected chi connectivity index (χ2v) is 15.1. The summed E-state index contributed by atoms with van der Waals surface area (Å²) in [5.74, 6) is -0.217. The number of hydrogen-bond donors (Lipinski definition) is 2. The highest BCUT2D eigenvalue weighted by Gasteiger charge is 2.42. The highest BCUT2D eigenvalue weighted by Crippen LogP contribution is 2.51. The van der Waals surface area contributed by atoms with Crippen LogP contribution >= 0.6 is 0 Å². The lowest BCUT2D eigenvalue weighted by atomic mass is 9.90. The van der Waals surface area contributed by atoms with Gasteiger partial charge in [-0.2, -0.15) is 28.2 Å². The Morgan fingerprint density at radius 1 is 1.00 bits per heavy atom. The molecule has 8 rings (SSSR count). The average molecular weight is 774 g/mol. The Morgan fingerprint density at radius 2 is 1.79 bits per heavy atom. The van der Waals surface area contributed by atoms with Crippen molar-refractivity contribution < 1.29 is 31.8 Å². The second-order valence-electron chi connectivity index (χ2n) is 15.1. The summed E-state index contributed by atoms with van der Waals surface area (Å²) < 4.78 is 82.1. The minimum absolute atomic E-state index is 0.000356. The summed E-state index contributed by atoms with van der Waals surface area (Å²) in [6.07, 6.45) is -1.11. The lowest BCUT2D eigenvalue weighted by Crippen LogP contribution is -2.44. The first kappa shape index (κ1) is 37.6. The molecule has 3 aromatic heterocycles. The molecule has 2 N–H and O–H groups in total. The Balaban J connectivity index is 1.31. The maximum absolute atomic E-state index is 15.6. The Kier molecular flexibility index (Phi) is 9.81. The van der Waals surface area contributed by atoms with E-state index >= 15 is 17.6 Å². The van der Waals surface area contributed by atoms with Crippen LogP contribution in [0.1, 0.15) is 56.8 Å². The molecule has 5 heterocycles. The van der Waals surface area contributed by atoms with Gasteiger partial charge >= 0.3 is 12.2 Å². The number of benzene rings is 3. The quantitative estimate of drug-likeness (QED) is 0.120. The lowest BCUT2D eigenvalue weighted by molar-refractivity contribution is -0.137. The molecule has 2 saturated heterocycles. The van der Waals surface area contributed by atoms with Gasteiger partial charge < -0.3 is 24.4 Å². The van der Waals surface area contributed by atoms with E-state index in [0.717, 1.165) is 18.1 Å². The predicted octanol–water partition coefficient (Wildman–Crippen LogP) is 7.66. The number of fused-ring (bicyclic) bond motifs is 4. The molecule has 0 aliphatic carbocycles. The van der Waals surface area contributed by atoms with Gasteiger partial charge in [0.1, 0.15) is 36.1 Å². The molecule has 4 atom stereocenters. The van der Waals surface area contributed by atoms with Crippen molar-refractivity contribution in [1.82, 2.24) is 40.5 Å². The van der Waals surface area contributed by atoms with Crippen LogP contribution in [0.4, 0.5) is 23.4 Å². The van der Waals surface area contributed by atoms with E-state index in [2.05, 4.69) is 46.6 Å². The van der Waals surface area contributed by atoms with E-state index in [1.807, 2.05) is 47.0 Å². The van der Waals surface area contributed by atoms with Gasteiger partial charge in [-0.1, -0.05) is 43.3 Å². The maximum atomic E-state index is 15.6. The van der Waals surface area contributed by atoms with Crippen LogP contribution in [0.2, 0.25) is 0 Å². The van der Waals surface area contributed by atoms with E-state index in [9.17, 15) is 0 Å². The summed E-state index contributed by atoms with van der Waals surface area (Å²) in [7, 11) is 1.55. The minimum atomic E-state index is -4.89. The number of ether oxygens (including phenoxy) is 3. The maximum Gasteiger partial charge on any atom is 0.417 e. The number of rotatable bonds is 12. The van der Waals surface area contributed by atoms with Crippen molar-refractivity contribution in [3.8, 4) is 34.1 Å².